The monoisotopic (exact) mass is 498 g/mol. The fourth-order valence-corrected chi connectivity index (χ4v) is 3.96. The van der Waals surface area contributed by atoms with Gasteiger partial charge in [-0.1, -0.05) is 6.07 Å². The van der Waals surface area contributed by atoms with Crippen molar-refractivity contribution in [2.75, 3.05) is 5.32 Å². The second-order valence-corrected chi connectivity index (χ2v) is 8.20. The van der Waals surface area contributed by atoms with E-state index in [-0.39, 0.29) is 28.7 Å². The Hall–Kier alpha value is -3.74. The standard InChI is InChI=1S/C21H12F6N4O2S/c22-20(23,24)12-5-11(6-13(8-12)21(25,26)27)7-14-9-29-19(34-14)30-17(32)15-10-28-16-3-1-2-4-31(16)18(15)33/h1-6,8-10H,7H2,(H,29,30,32). The van der Waals surface area contributed by atoms with E-state index in [1.807, 2.05) is 0 Å². The van der Waals surface area contributed by atoms with Gasteiger partial charge in [0.15, 0.2) is 5.13 Å². The summed E-state index contributed by atoms with van der Waals surface area (Å²) >= 11 is 0.852. The Morgan fingerprint density at radius 1 is 0.971 bits per heavy atom. The van der Waals surface area contributed by atoms with E-state index in [1.165, 1.54) is 16.8 Å². The molecule has 0 aliphatic carbocycles. The summed E-state index contributed by atoms with van der Waals surface area (Å²) in [5.41, 5.74) is -3.61. The molecule has 0 unspecified atom stereocenters. The van der Waals surface area contributed by atoms with Crippen molar-refractivity contribution in [2.24, 2.45) is 0 Å². The number of pyridine rings is 1. The number of nitrogens with one attached hydrogen (secondary N) is 1. The van der Waals surface area contributed by atoms with E-state index >= 15 is 0 Å². The van der Waals surface area contributed by atoms with Gasteiger partial charge in [-0.25, -0.2) is 9.97 Å². The molecule has 4 rings (SSSR count). The maximum Gasteiger partial charge on any atom is 0.416 e. The van der Waals surface area contributed by atoms with Crippen LogP contribution >= 0.6 is 11.3 Å². The number of alkyl halides is 6. The van der Waals surface area contributed by atoms with Crippen LogP contribution in [0.1, 0.15) is 31.9 Å². The summed E-state index contributed by atoms with van der Waals surface area (Å²) in [4.78, 5) is 33.3. The molecule has 0 radical (unpaired) electrons. The van der Waals surface area contributed by atoms with E-state index in [0.717, 1.165) is 17.5 Å². The predicted octanol–water partition coefficient (Wildman–Crippen LogP) is 5.03. The molecule has 0 saturated carbocycles. The molecule has 6 nitrogen and oxygen atoms in total. The highest BCUT2D eigenvalue weighted by molar-refractivity contribution is 7.15. The summed E-state index contributed by atoms with van der Waals surface area (Å²) in [6.45, 7) is 0. The van der Waals surface area contributed by atoms with Crippen LogP contribution in [0.2, 0.25) is 0 Å². The third-order valence-electron chi connectivity index (χ3n) is 4.66. The maximum atomic E-state index is 13.1. The van der Waals surface area contributed by atoms with Gasteiger partial charge in [0, 0.05) is 29.9 Å². The van der Waals surface area contributed by atoms with Crippen molar-refractivity contribution in [1.82, 2.24) is 14.4 Å². The third-order valence-corrected chi connectivity index (χ3v) is 5.57. The molecule has 0 aliphatic heterocycles. The number of hydrogen-bond acceptors (Lipinski definition) is 5. The minimum Gasteiger partial charge on any atom is -0.298 e. The van der Waals surface area contributed by atoms with E-state index in [0.29, 0.717) is 22.7 Å². The van der Waals surface area contributed by atoms with Gasteiger partial charge in [-0.2, -0.15) is 26.3 Å². The topological polar surface area (TPSA) is 76.4 Å². The normalized spacial score (nSPS) is 12.2. The largest absolute Gasteiger partial charge is 0.416 e. The molecule has 176 valence electrons. The van der Waals surface area contributed by atoms with Crippen molar-refractivity contribution in [3.05, 3.63) is 92.5 Å². The molecule has 0 aliphatic rings. The fourth-order valence-electron chi connectivity index (χ4n) is 3.12. The van der Waals surface area contributed by atoms with Gasteiger partial charge in [0.2, 0.25) is 0 Å². The second-order valence-electron chi connectivity index (χ2n) is 7.08. The van der Waals surface area contributed by atoms with Gasteiger partial charge < -0.3 is 0 Å². The number of benzene rings is 1. The second kappa shape index (κ2) is 8.56. The highest BCUT2D eigenvalue weighted by Gasteiger charge is 2.36. The van der Waals surface area contributed by atoms with Crippen LogP contribution in [0.5, 0.6) is 0 Å². The number of thiazole rings is 1. The van der Waals surface area contributed by atoms with Crippen molar-refractivity contribution in [3.63, 3.8) is 0 Å². The SMILES string of the molecule is O=C(Nc1ncc(Cc2cc(C(F)(F)F)cc(C(F)(F)F)c2)s1)c1cnc2ccccn2c1=O. The Labute approximate surface area is 190 Å². The van der Waals surface area contributed by atoms with Crippen molar-refractivity contribution in [2.45, 2.75) is 18.8 Å². The number of amides is 1. The highest BCUT2D eigenvalue weighted by atomic mass is 32.1. The molecule has 34 heavy (non-hydrogen) atoms. The molecule has 1 N–H and O–H groups in total. The van der Waals surface area contributed by atoms with Gasteiger partial charge >= 0.3 is 12.4 Å². The van der Waals surface area contributed by atoms with Crippen LogP contribution in [0.25, 0.3) is 5.65 Å². The first-order chi connectivity index (χ1) is 15.9. The summed E-state index contributed by atoms with van der Waals surface area (Å²) in [5, 5.41) is 2.41. The Morgan fingerprint density at radius 2 is 1.65 bits per heavy atom. The average Bonchev–Trinajstić information content (AvgIpc) is 3.19. The van der Waals surface area contributed by atoms with Crippen molar-refractivity contribution < 1.29 is 31.1 Å². The van der Waals surface area contributed by atoms with Crippen LogP contribution in [0.3, 0.4) is 0 Å². The lowest BCUT2D eigenvalue weighted by atomic mass is 10.0. The minimum absolute atomic E-state index is 0.0144. The first kappa shape index (κ1) is 23.4. The molecule has 3 aromatic heterocycles. The molecular formula is C21H12F6N4O2S. The number of nitrogens with zero attached hydrogens (tertiary/aromatic N) is 3. The predicted molar refractivity (Wildman–Crippen MR) is 111 cm³/mol. The van der Waals surface area contributed by atoms with Crippen LogP contribution in [-0.2, 0) is 18.8 Å². The van der Waals surface area contributed by atoms with Crippen LogP contribution in [0, 0.1) is 0 Å². The number of fused-ring (bicyclic) bond motifs is 1. The number of halogens is 6. The van der Waals surface area contributed by atoms with E-state index < -0.39 is 34.9 Å². The van der Waals surface area contributed by atoms with Crippen molar-refractivity contribution in [1.29, 1.82) is 0 Å². The molecule has 3 heterocycles. The first-order valence-electron chi connectivity index (χ1n) is 9.42. The van der Waals surface area contributed by atoms with E-state index in [1.54, 1.807) is 18.2 Å². The van der Waals surface area contributed by atoms with Gasteiger partial charge in [0.05, 0.1) is 11.1 Å². The van der Waals surface area contributed by atoms with Gasteiger partial charge in [-0.05, 0) is 35.9 Å². The lowest BCUT2D eigenvalue weighted by molar-refractivity contribution is -0.143. The maximum absolute atomic E-state index is 13.1. The Bertz CT molecular complexity index is 1410. The molecule has 0 saturated heterocycles. The van der Waals surface area contributed by atoms with Gasteiger partial charge in [0.1, 0.15) is 11.2 Å². The fraction of sp³-hybridized carbons (Fsp3) is 0.143. The average molecular weight is 498 g/mol. The van der Waals surface area contributed by atoms with Crippen LogP contribution in [-0.4, -0.2) is 20.3 Å². The van der Waals surface area contributed by atoms with E-state index in [4.69, 9.17) is 0 Å². The van der Waals surface area contributed by atoms with E-state index in [9.17, 15) is 35.9 Å². The van der Waals surface area contributed by atoms with Gasteiger partial charge in [0.25, 0.3) is 11.5 Å². The molecule has 0 bridgehead atoms. The zero-order valence-corrected chi connectivity index (χ0v) is 17.6. The van der Waals surface area contributed by atoms with Crippen molar-refractivity contribution in [3.8, 4) is 0 Å². The van der Waals surface area contributed by atoms with Gasteiger partial charge in [-0.15, -0.1) is 11.3 Å². The molecule has 0 spiro atoms. The number of aromatic nitrogens is 3. The number of rotatable bonds is 4. The zero-order valence-electron chi connectivity index (χ0n) is 16.7. The summed E-state index contributed by atoms with van der Waals surface area (Å²) in [6, 6.07) is 6.15. The molecule has 4 aromatic rings. The van der Waals surface area contributed by atoms with Crippen LogP contribution in [0.15, 0.2) is 59.8 Å². The van der Waals surface area contributed by atoms with Crippen LogP contribution in [0.4, 0.5) is 31.5 Å². The quantitative estimate of drug-likeness (QED) is 0.401. The summed E-state index contributed by atoms with van der Waals surface area (Å²) in [7, 11) is 0. The summed E-state index contributed by atoms with van der Waals surface area (Å²) in [6.07, 6.45) is -6.42. The Kier molecular flexibility index (Phi) is 5.89. The lowest BCUT2D eigenvalue weighted by Gasteiger charge is -2.13. The highest BCUT2D eigenvalue weighted by Crippen LogP contribution is 2.37. The number of carbonyl (C=O) groups is 1. The number of anilines is 1. The summed E-state index contributed by atoms with van der Waals surface area (Å²) < 4.78 is 79.5. The molecule has 1 amide bonds. The summed E-state index contributed by atoms with van der Waals surface area (Å²) in [5.74, 6) is -0.810. The number of carbonyl (C=O) groups excluding carboxylic acids is 1. The molecule has 1 aromatic carbocycles. The molecule has 13 heteroatoms. The Balaban J connectivity index is 1.56. The molecule has 0 atom stereocenters. The lowest BCUT2D eigenvalue weighted by Crippen LogP contribution is -2.26. The Morgan fingerprint density at radius 3 is 2.29 bits per heavy atom. The molecule has 0 fully saturated rings. The number of hydrogen-bond donors (Lipinski definition) is 1. The smallest absolute Gasteiger partial charge is 0.298 e. The third kappa shape index (κ3) is 4.93. The van der Waals surface area contributed by atoms with Gasteiger partial charge in [-0.3, -0.25) is 19.3 Å². The minimum atomic E-state index is -4.95. The van der Waals surface area contributed by atoms with E-state index in [2.05, 4.69) is 15.3 Å². The molecular weight excluding hydrogens is 486 g/mol. The zero-order chi connectivity index (χ0) is 24.7. The van der Waals surface area contributed by atoms with Crippen LogP contribution < -0.4 is 10.9 Å². The van der Waals surface area contributed by atoms with Crippen molar-refractivity contribution >= 4 is 28.0 Å². The first-order valence-corrected chi connectivity index (χ1v) is 10.2.